The fourth-order valence-corrected chi connectivity index (χ4v) is 3.84. The molecule has 136 valence electrons. The SMILES string of the molecule is C=N/C(=C\N=C(/C)NC(=O)C(C)C)c1c(C(F)(F)F)sc2c1CCC2. The molecule has 0 saturated carbocycles. The van der Waals surface area contributed by atoms with Gasteiger partial charge in [-0.1, -0.05) is 13.8 Å². The van der Waals surface area contributed by atoms with Gasteiger partial charge in [0, 0.05) is 16.4 Å². The maximum absolute atomic E-state index is 13.4. The van der Waals surface area contributed by atoms with Crippen molar-refractivity contribution in [3.63, 3.8) is 0 Å². The van der Waals surface area contributed by atoms with E-state index in [0.717, 1.165) is 22.6 Å². The Morgan fingerprint density at radius 2 is 2.04 bits per heavy atom. The maximum Gasteiger partial charge on any atom is 0.426 e. The standard InChI is InChI=1S/C17H20F3N3OS/c1-9(2)16(24)23-10(3)22-8-12(21-4)14-11-6-5-7-13(11)25-15(14)17(18,19)20/h8-9H,4-7H2,1-3H3,(H,22,23,24)/b12-8-. The van der Waals surface area contributed by atoms with Gasteiger partial charge < -0.3 is 5.32 Å². The predicted molar refractivity (Wildman–Crippen MR) is 95.0 cm³/mol. The maximum atomic E-state index is 13.4. The summed E-state index contributed by atoms with van der Waals surface area (Å²) in [6, 6.07) is 0. The molecule has 1 aliphatic rings. The fraction of sp³-hybridized carbons (Fsp3) is 0.471. The van der Waals surface area contributed by atoms with E-state index in [1.165, 1.54) is 6.20 Å². The molecule has 1 aliphatic carbocycles. The van der Waals surface area contributed by atoms with E-state index in [1.54, 1.807) is 20.8 Å². The molecule has 8 heteroatoms. The van der Waals surface area contributed by atoms with E-state index >= 15 is 0 Å². The summed E-state index contributed by atoms with van der Waals surface area (Å²) in [5.41, 5.74) is 0.839. The number of carbonyl (C=O) groups excluding carboxylic acids is 1. The number of hydrogen-bond acceptors (Lipinski definition) is 4. The second-order valence-electron chi connectivity index (χ2n) is 6.09. The Hall–Kier alpha value is -1.96. The number of hydrogen-bond donors (Lipinski definition) is 1. The Labute approximate surface area is 148 Å². The fourth-order valence-electron chi connectivity index (χ4n) is 2.57. The molecule has 1 N–H and O–H groups in total. The predicted octanol–water partition coefficient (Wildman–Crippen LogP) is 4.45. The van der Waals surface area contributed by atoms with E-state index in [4.69, 9.17) is 0 Å². The number of halogens is 3. The van der Waals surface area contributed by atoms with Crippen molar-refractivity contribution in [2.24, 2.45) is 15.9 Å². The van der Waals surface area contributed by atoms with Crippen LogP contribution < -0.4 is 5.32 Å². The van der Waals surface area contributed by atoms with Gasteiger partial charge in [0.2, 0.25) is 5.91 Å². The van der Waals surface area contributed by atoms with Crippen molar-refractivity contribution in [1.29, 1.82) is 0 Å². The Kier molecular flexibility index (Phi) is 5.82. The lowest BCUT2D eigenvalue weighted by Gasteiger charge is -2.10. The molecule has 0 atom stereocenters. The van der Waals surface area contributed by atoms with Crippen molar-refractivity contribution in [3.05, 3.63) is 27.1 Å². The number of carbonyl (C=O) groups is 1. The number of thiophene rings is 1. The molecule has 1 aromatic rings. The van der Waals surface area contributed by atoms with Crippen LogP contribution in [0.2, 0.25) is 0 Å². The number of aryl methyl sites for hydroxylation is 1. The number of nitrogens with one attached hydrogen (secondary N) is 1. The molecule has 0 radical (unpaired) electrons. The summed E-state index contributed by atoms with van der Waals surface area (Å²) in [4.78, 5) is 19.6. The molecule has 0 fully saturated rings. The number of aliphatic imine (C=N–C) groups is 2. The summed E-state index contributed by atoms with van der Waals surface area (Å²) in [5, 5.41) is 2.59. The molecule has 1 aromatic heterocycles. The largest absolute Gasteiger partial charge is 0.426 e. The second kappa shape index (κ2) is 7.51. The average molecular weight is 371 g/mol. The topological polar surface area (TPSA) is 53.8 Å². The third-order valence-electron chi connectivity index (χ3n) is 3.81. The van der Waals surface area contributed by atoms with E-state index in [1.807, 2.05) is 0 Å². The van der Waals surface area contributed by atoms with Gasteiger partial charge in [-0.25, -0.2) is 4.99 Å². The minimum Gasteiger partial charge on any atom is -0.314 e. The van der Waals surface area contributed by atoms with Crippen LogP contribution in [0.3, 0.4) is 0 Å². The monoisotopic (exact) mass is 371 g/mol. The summed E-state index contributed by atoms with van der Waals surface area (Å²) in [6.07, 6.45) is -1.13. The first-order chi connectivity index (χ1) is 11.6. The van der Waals surface area contributed by atoms with Crippen molar-refractivity contribution >= 4 is 35.5 Å². The molecule has 0 saturated heterocycles. The van der Waals surface area contributed by atoms with Gasteiger partial charge in [-0.15, -0.1) is 11.3 Å². The van der Waals surface area contributed by atoms with Crippen LogP contribution in [0.4, 0.5) is 13.2 Å². The van der Waals surface area contributed by atoms with E-state index < -0.39 is 11.1 Å². The highest BCUT2D eigenvalue weighted by Crippen LogP contribution is 2.46. The summed E-state index contributed by atoms with van der Waals surface area (Å²) in [5.74, 6) is -0.140. The summed E-state index contributed by atoms with van der Waals surface area (Å²) < 4.78 is 40.2. The van der Waals surface area contributed by atoms with Gasteiger partial charge >= 0.3 is 6.18 Å². The molecule has 1 amide bonds. The molecule has 0 spiro atoms. The zero-order valence-electron chi connectivity index (χ0n) is 14.3. The zero-order chi connectivity index (χ0) is 18.8. The van der Waals surface area contributed by atoms with E-state index in [0.29, 0.717) is 24.2 Å². The third-order valence-corrected chi connectivity index (χ3v) is 5.15. The first-order valence-corrected chi connectivity index (χ1v) is 8.71. The number of rotatable bonds is 4. The van der Waals surface area contributed by atoms with Gasteiger partial charge in [0.15, 0.2) is 0 Å². The van der Waals surface area contributed by atoms with Gasteiger partial charge in [0.25, 0.3) is 0 Å². The van der Waals surface area contributed by atoms with Gasteiger partial charge in [-0.3, -0.25) is 9.79 Å². The lowest BCUT2D eigenvalue weighted by atomic mass is 10.1. The van der Waals surface area contributed by atoms with Crippen LogP contribution in [0.1, 0.15) is 48.1 Å². The molecule has 0 bridgehead atoms. The summed E-state index contributed by atoms with van der Waals surface area (Å²) >= 11 is 0.776. The van der Waals surface area contributed by atoms with Crippen molar-refractivity contribution in [2.75, 3.05) is 0 Å². The van der Waals surface area contributed by atoms with Crippen LogP contribution in [-0.2, 0) is 23.8 Å². The van der Waals surface area contributed by atoms with E-state index in [-0.39, 0.29) is 23.1 Å². The minimum atomic E-state index is -4.45. The van der Waals surface area contributed by atoms with Gasteiger partial charge in [0.1, 0.15) is 10.7 Å². The lowest BCUT2D eigenvalue weighted by molar-refractivity contribution is -0.134. The normalized spacial score (nSPS) is 15.5. The minimum absolute atomic E-state index is 0.0740. The van der Waals surface area contributed by atoms with Crippen molar-refractivity contribution in [3.8, 4) is 0 Å². The summed E-state index contributed by atoms with van der Waals surface area (Å²) in [7, 11) is 0. The lowest BCUT2D eigenvalue weighted by Crippen LogP contribution is -2.31. The Morgan fingerprint density at radius 3 is 2.60 bits per heavy atom. The van der Waals surface area contributed by atoms with Gasteiger partial charge in [0.05, 0.1) is 11.9 Å². The van der Waals surface area contributed by atoms with Crippen LogP contribution in [0.25, 0.3) is 5.70 Å². The Balaban J connectivity index is 2.41. The van der Waals surface area contributed by atoms with Crippen LogP contribution in [-0.4, -0.2) is 18.5 Å². The van der Waals surface area contributed by atoms with E-state index in [9.17, 15) is 18.0 Å². The Morgan fingerprint density at radius 1 is 1.36 bits per heavy atom. The smallest absolute Gasteiger partial charge is 0.314 e. The molecular formula is C17H20F3N3OS. The van der Waals surface area contributed by atoms with Crippen molar-refractivity contribution in [2.45, 2.75) is 46.2 Å². The Bertz CT molecular complexity index is 745. The van der Waals surface area contributed by atoms with Gasteiger partial charge in [-0.2, -0.15) is 13.2 Å². The summed E-state index contributed by atoms with van der Waals surface area (Å²) in [6.45, 7) is 8.44. The molecule has 4 nitrogen and oxygen atoms in total. The molecular weight excluding hydrogens is 351 g/mol. The van der Waals surface area contributed by atoms with Crippen LogP contribution in [0.15, 0.2) is 16.2 Å². The van der Waals surface area contributed by atoms with Crippen LogP contribution in [0.5, 0.6) is 0 Å². The first-order valence-electron chi connectivity index (χ1n) is 7.89. The molecule has 0 aliphatic heterocycles. The number of amidine groups is 1. The third kappa shape index (κ3) is 4.36. The molecule has 25 heavy (non-hydrogen) atoms. The molecule has 2 rings (SSSR count). The van der Waals surface area contributed by atoms with Gasteiger partial charge in [-0.05, 0) is 38.5 Å². The molecule has 0 unspecified atom stereocenters. The highest BCUT2D eigenvalue weighted by Gasteiger charge is 2.39. The molecule has 0 aromatic carbocycles. The zero-order valence-corrected chi connectivity index (χ0v) is 15.1. The molecule has 1 heterocycles. The van der Waals surface area contributed by atoms with Crippen LogP contribution >= 0.6 is 11.3 Å². The highest BCUT2D eigenvalue weighted by atomic mass is 32.1. The van der Waals surface area contributed by atoms with E-state index in [2.05, 4.69) is 22.0 Å². The first kappa shape index (κ1) is 19.4. The second-order valence-corrected chi connectivity index (χ2v) is 7.20. The van der Waals surface area contributed by atoms with Crippen LogP contribution in [0, 0.1) is 5.92 Å². The van der Waals surface area contributed by atoms with Crippen molar-refractivity contribution in [1.82, 2.24) is 5.32 Å². The number of fused-ring (bicyclic) bond motifs is 1. The number of amides is 1. The quantitative estimate of drug-likeness (QED) is 0.617. The number of nitrogens with zero attached hydrogens (tertiary/aromatic N) is 2. The average Bonchev–Trinajstić information content (AvgIpc) is 3.08. The van der Waals surface area contributed by atoms with Crippen molar-refractivity contribution < 1.29 is 18.0 Å². The number of alkyl halides is 3. The highest BCUT2D eigenvalue weighted by molar-refractivity contribution is 7.12.